The summed E-state index contributed by atoms with van der Waals surface area (Å²) in [5, 5.41) is 0. The van der Waals surface area contributed by atoms with Crippen LogP contribution >= 0.6 is 0 Å². The summed E-state index contributed by atoms with van der Waals surface area (Å²) < 4.78 is 5.78. The molecule has 4 rings (SSSR count). The van der Waals surface area contributed by atoms with Gasteiger partial charge in [-0.3, -0.25) is 4.99 Å². The monoisotopic (exact) mass is 297 g/mol. The normalized spacial score (nSPS) is 29.5. The second kappa shape index (κ2) is 4.84. The van der Waals surface area contributed by atoms with Crippen molar-refractivity contribution in [1.29, 1.82) is 0 Å². The Labute approximate surface area is 134 Å². The van der Waals surface area contributed by atoms with Crippen LogP contribution in [0.3, 0.4) is 0 Å². The topological polar surface area (TPSA) is 21.6 Å². The highest BCUT2D eigenvalue weighted by Gasteiger charge is 2.50. The van der Waals surface area contributed by atoms with E-state index in [4.69, 9.17) is 9.73 Å². The van der Waals surface area contributed by atoms with E-state index >= 15 is 0 Å². The minimum absolute atomic E-state index is 0.241. The van der Waals surface area contributed by atoms with Crippen molar-refractivity contribution in [2.24, 2.45) is 10.9 Å². The van der Waals surface area contributed by atoms with Gasteiger partial charge in [0.15, 0.2) is 0 Å². The molecule has 22 heavy (non-hydrogen) atoms. The van der Waals surface area contributed by atoms with E-state index in [2.05, 4.69) is 20.8 Å². The second-order valence-corrected chi connectivity index (χ2v) is 7.55. The summed E-state index contributed by atoms with van der Waals surface area (Å²) in [5.74, 6) is 1.82. The summed E-state index contributed by atoms with van der Waals surface area (Å²) in [6.07, 6.45) is 9.37. The first kappa shape index (κ1) is 14.3. The standard InChI is InChI=1S/C20H27NO/c1-12-13(2)18(22-4)14(3)16-17(12)21-19-15-8-5-6-10-20(16,19)11-7-9-15/h15H,5-11H2,1-4H3/t15-,20+/m1/s1. The van der Waals surface area contributed by atoms with Crippen molar-refractivity contribution < 1.29 is 4.74 Å². The first-order valence-corrected chi connectivity index (χ1v) is 8.87. The van der Waals surface area contributed by atoms with Gasteiger partial charge in [-0.25, -0.2) is 0 Å². The average Bonchev–Trinajstić information content (AvgIpc) is 2.83. The molecule has 0 saturated heterocycles. The molecule has 0 N–H and O–H groups in total. The highest BCUT2D eigenvalue weighted by molar-refractivity contribution is 6.05. The lowest BCUT2D eigenvalue weighted by Crippen LogP contribution is -2.40. The van der Waals surface area contributed by atoms with Gasteiger partial charge >= 0.3 is 0 Å². The van der Waals surface area contributed by atoms with Crippen LogP contribution in [-0.4, -0.2) is 12.8 Å². The predicted molar refractivity (Wildman–Crippen MR) is 91.8 cm³/mol. The molecule has 2 saturated carbocycles. The molecule has 1 heterocycles. The Hall–Kier alpha value is -1.31. The molecule has 1 aliphatic heterocycles. The van der Waals surface area contributed by atoms with Crippen LogP contribution in [0, 0.1) is 26.7 Å². The SMILES string of the molecule is COc1c(C)c(C)c2c(c1C)[C@]13CCCC[C@H](CCC1)C3=N2. The number of methoxy groups -OCH3 is 1. The van der Waals surface area contributed by atoms with Crippen LogP contribution in [-0.2, 0) is 5.41 Å². The fraction of sp³-hybridized carbons (Fsp3) is 0.650. The highest BCUT2D eigenvalue weighted by atomic mass is 16.5. The molecule has 1 aromatic carbocycles. The summed E-state index contributed by atoms with van der Waals surface area (Å²) in [7, 11) is 1.81. The van der Waals surface area contributed by atoms with Gasteiger partial charge in [0.25, 0.3) is 0 Å². The quantitative estimate of drug-likeness (QED) is 0.687. The number of hydrogen-bond acceptors (Lipinski definition) is 2. The van der Waals surface area contributed by atoms with Gasteiger partial charge in [0.2, 0.25) is 0 Å². The zero-order chi connectivity index (χ0) is 15.5. The molecular formula is C20H27NO. The number of benzene rings is 1. The molecule has 118 valence electrons. The molecule has 3 aliphatic rings. The molecule has 2 nitrogen and oxygen atoms in total. The Morgan fingerprint density at radius 3 is 2.45 bits per heavy atom. The third-order valence-corrected chi connectivity index (χ3v) is 6.56. The molecule has 0 amide bonds. The molecule has 2 bridgehead atoms. The van der Waals surface area contributed by atoms with Gasteiger partial charge in [0.1, 0.15) is 5.75 Å². The second-order valence-electron chi connectivity index (χ2n) is 7.55. The number of nitrogens with zero attached hydrogens (tertiary/aromatic N) is 1. The average molecular weight is 297 g/mol. The number of rotatable bonds is 1. The van der Waals surface area contributed by atoms with Gasteiger partial charge in [-0.2, -0.15) is 0 Å². The Morgan fingerprint density at radius 2 is 1.68 bits per heavy atom. The van der Waals surface area contributed by atoms with Gasteiger partial charge in [-0.15, -0.1) is 0 Å². The van der Waals surface area contributed by atoms with Crippen molar-refractivity contribution in [1.82, 2.24) is 0 Å². The van der Waals surface area contributed by atoms with Gasteiger partial charge in [0, 0.05) is 11.1 Å². The van der Waals surface area contributed by atoms with Crippen molar-refractivity contribution in [3.63, 3.8) is 0 Å². The van der Waals surface area contributed by atoms with Crippen LogP contribution in [0.15, 0.2) is 4.99 Å². The summed E-state index contributed by atoms with van der Waals surface area (Å²) in [5.41, 5.74) is 8.54. The van der Waals surface area contributed by atoms with Crippen molar-refractivity contribution in [3.8, 4) is 5.75 Å². The van der Waals surface area contributed by atoms with Crippen LogP contribution in [0.4, 0.5) is 5.69 Å². The van der Waals surface area contributed by atoms with Gasteiger partial charge in [0.05, 0.1) is 12.8 Å². The van der Waals surface area contributed by atoms with E-state index in [1.807, 2.05) is 7.11 Å². The van der Waals surface area contributed by atoms with Crippen molar-refractivity contribution in [3.05, 3.63) is 22.3 Å². The predicted octanol–water partition coefficient (Wildman–Crippen LogP) is 5.32. The molecule has 0 unspecified atom stereocenters. The maximum atomic E-state index is 5.78. The molecule has 0 aromatic heterocycles. The fourth-order valence-electron chi connectivity index (χ4n) is 5.49. The summed E-state index contributed by atoms with van der Waals surface area (Å²) >= 11 is 0. The molecule has 1 aromatic rings. The lowest BCUT2D eigenvalue weighted by Gasteiger charge is -2.39. The smallest absolute Gasteiger partial charge is 0.125 e. The Balaban J connectivity index is 2.02. The first-order valence-electron chi connectivity index (χ1n) is 8.87. The van der Waals surface area contributed by atoms with E-state index in [9.17, 15) is 0 Å². The fourth-order valence-corrected chi connectivity index (χ4v) is 5.49. The van der Waals surface area contributed by atoms with Crippen LogP contribution in [0.5, 0.6) is 5.75 Å². The van der Waals surface area contributed by atoms with E-state index in [-0.39, 0.29) is 5.41 Å². The van der Waals surface area contributed by atoms with Gasteiger partial charge in [-0.1, -0.05) is 19.3 Å². The number of aliphatic imine (C=N–C) groups is 1. The van der Waals surface area contributed by atoms with Crippen molar-refractivity contribution >= 4 is 11.4 Å². The number of fused-ring (bicyclic) bond motifs is 1. The van der Waals surface area contributed by atoms with Crippen LogP contribution in [0.2, 0.25) is 0 Å². The number of hydrogen-bond donors (Lipinski definition) is 0. The van der Waals surface area contributed by atoms with E-state index in [0.29, 0.717) is 0 Å². The van der Waals surface area contributed by atoms with Gasteiger partial charge < -0.3 is 4.74 Å². The molecule has 2 atom stereocenters. The van der Waals surface area contributed by atoms with Gasteiger partial charge in [-0.05, 0) is 74.6 Å². The molecule has 0 spiro atoms. The third kappa shape index (κ3) is 1.64. The van der Waals surface area contributed by atoms with Crippen LogP contribution in [0.25, 0.3) is 0 Å². The molecule has 0 radical (unpaired) electrons. The Kier molecular flexibility index (Phi) is 3.15. The lowest BCUT2D eigenvalue weighted by molar-refractivity contribution is 0.393. The van der Waals surface area contributed by atoms with E-state index in [0.717, 1.165) is 11.7 Å². The molecule has 2 fully saturated rings. The molecule has 2 aliphatic carbocycles. The largest absolute Gasteiger partial charge is 0.496 e. The maximum Gasteiger partial charge on any atom is 0.125 e. The summed E-state index contributed by atoms with van der Waals surface area (Å²) in [4.78, 5) is 5.27. The zero-order valence-corrected chi connectivity index (χ0v) is 14.4. The summed E-state index contributed by atoms with van der Waals surface area (Å²) in [6, 6.07) is 0. The van der Waals surface area contributed by atoms with E-state index in [1.165, 1.54) is 78.6 Å². The lowest BCUT2D eigenvalue weighted by atomic mass is 9.63. The minimum Gasteiger partial charge on any atom is -0.496 e. The number of ether oxygens (including phenoxy) is 1. The molecule has 2 heteroatoms. The minimum atomic E-state index is 0.241. The van der Waals surface area contributed by atoms with E-state index in [1.54, 1.807) is 0 Å². The third-order valence-electron chi connectivity index (χ3n) is 6.56. The molecular weight excluding hydrogens is 270 g/mol. The Bertz CT molecular complexity index is 673. The summed E-state index contributed by atoms with van der Waals surface area (Å²) in [6.45, 7) is 6.66. The highest BCUT2D eigenvalue weighted by Crippen LogP contribution is 2.57. The van der Waals surface area contributed by atoms with Crippen molar-refractivity contribution in [2.45, 2.75) is 71.1 Å². The van der Waals surface area contributed by atoms with Crippen LogP contribution in [0.1, 0.15) is 67.2 Å². The zero-order valence-electron chi connectivity index (χ0n) is 14.4. The maximum absolute atomic E-state index is 5.78. The first-order chi connectivity index (χ1) is 10.6. The Morgan fingerprint density at radius 1 is 0.955 bits per heavy atom. The van der Waals surface area contributed by atoms with Crippen LogP contribution < -0.4 is 4.74 Å². The van der Waals surface area contributed by atoms with Crippen molar-refractivity contribution in [2.75, 3.05) is 7.11 Å². The van der Waals surface area contributed by atoms with E-state index < -0.39 is 0 Å².